The van der Waals surface area contributed by atoms with E-state index in [0.29, 0.717) is 12.6 Å². The van der Waals surface area contributed by atoms with Crippen molar-refractivity contribution < 1.29 is 4.79 Å². The Morgan fingerprint density at radius 2 is 2.23 bits per heavy atom. The van der Waals surface area contributed by atoms with Crippen LogP contribution in [0.4, 0.5) is 0 Å². The number of amides is 1. The molecule has 138 valence electrons. The van der Waals surface area contributed by atoms with Crippen LogP contribution in [0, 0.1) is 0 Å². The molecule has 3 rings (SSSR count). The molecule has 1 amide bonds. The van der Waals surface area contributed by atoms with E-state index >= 15 is 0 Å². The van der Waals surface area contributed by atoms with Crippen LogP contribution in [0.15, 0.2) is 42.3 Å². The minimum atomic E-state index is -0.230. The first-order valence-electron chi connectivity index (χ1n) is 9.10. The van der Waals surface area contributed by atoms with Crippen LogP contribution >= 0.6 is 11.8 Å². The fourth-order valence-electron chi connectivity index (χ4n) is 3.16. The molecule has 1 aliphatic carbocycles. The summed E-state index contributed by atoms with van der Waals surface area (Å²) in [6, 6.07) is 4.14. The quantitative estimate of drug-likeness (QED) is 0.596. The molecule has 0 radical (unpaired) electrons. The highest BCUT2D eigenvalue weighted by atomic mass is 32.2. The number of carbonyl (C=O) groups excluding carboxylic acids is 1. The Bertz CT molecular complexity index is 740. The normalized spacial score (nSPS) is 16.2. The number of thioether (sulfide) groups is 1. The summed E-state index contributed by atoms with van der Waals surface area (Å²) in [6.45, 7) is 6.32. The Kier molecular flexibility index (Phi) is 6.44. The third-order valence-electron chi connectivity index (χ3n) is 4.55. The number of rotatable bonds is 7. The average molecular weight is 372 g/mol. The van der Waals surface area contributed by atoms with Gasteiger partial charge in [0.15, 0.2) is 11.0 Å². The van der Waals surface area contributed by atoms with E-state index in [2.05, 4.69) is 27.1 Å². The molecule has 1 fully saturated rings. The van der Waals surface area contributed by atoms with Crippen molar-refractivity contribution in [2.75, 3.05) is 0 Å². The molecule has 1 saturated carbocycles. The van der Waals surface area contributed by atoms with Gasteiger partial charge in [0.1, 0.15) is 0 Å². The van der Waals surface area contributed by atoms with Crippen molar-refractivity contribution >= 4 is 17.7 Å². The molecule has 2 aromatic heterocycles. The van der Waals surface area contributed by atoms with Gasteiger partial charge in [-0.3, -0.25) is 14.3 Å². The van der Waals surface area contributed by atoms with Gasteiger partial charge in [0, 0.05) is 30.5 Å². The zero-order valence-corrected chi connectivity index (χ0v) is 15.9. The van der Waals surface area contributed by atoms with Crippen molar-refractivity contribution in [2.24, 2.45) is 0 Å². The van der Waals surface area contributed by atoms with Gasteiger partial charge >= 0.3 is 0 Å². The number of allylic oxidation sites excluding steroid dienone is 1. The topological polar surface area (TPSA) is 72.7 Å². The van der Waals surface area contributed by atoms with Gasteiger partial charge in [-0.15, -0.1) is 16.8 Å². The number of nitrogens with zero attached hydrogens (tertiary/aromatic N) is 4. The number of hydrogen-bond donors (Lipinski definition) is 1. The Morgan fingerprint density at radius 3 is 2.92 bits per heavy atom. The van der Waals surface area contributed by atoms with E-state index in [0.717, 1.165) is 29.4 Å². The third kappa shape index (κ3) is 4.52. The molecule has 0 saturated heterocycles. The Morgan fingerprint density at radius 1 is 1.42 bits per heavy atom. The molecule has 1 unspecified atom stereocenters. The summed E-state index contributed by atoms with van der Waals surface area (Å²) < 4.78 is 1.97. The fraction of sp³-hybridized carbons (Fsp3) is 0.474. The first kappa shape index (κ1) is 18.6. The minimum Gasteiger partial charge on any atom is -0.352 e. The number of carbonyl (C=O) groups is 1. The van der Waals surface area contributed by atoms with Crippen LogP contribution in [0.5, 0.6) is 0 Å². The summed E-state index contributed by atoms with van der Waals surface area (Å²) >= 11 is 1.43. The van der Waals surface area contributed by atoms with Crippen LogP contribution in [-0.2, 0) is 11.3 Å². The maximum atomic E-state index is 12.5. The summed E-state index contributed by atoms with van der Waals surface area (Å²) in [5, 5.41) is 12.3. The van der Waals surface area contributed by atoms with Crippen molar-refractivity contribution in [1.82, 2.24) is 25.1 Å². The van der Waals surface area contributed by atoms with E-state index < -0.39 is 0 Å². The van der Waals surface area contributed by atoms with E-state index in [1.165, 1.54) is 31.0 Å². The monoisotopic (exact) mass is 371 g/mol. The molecule has 0 aliphatic heterocycles. The maximum absolute atomic E-state index is 12.5. The van der Waals surface area contributed by atoms with Gasteiger partial charge in [0.25, 0.3) is 0 Å². The largest absolute Gasteiger partial charge is 0.352 e. The first-order chi connectivity index (χ1) is 12.7. The molecule has 2 aromatic rings. The van der Waals surface area contributed by atoms with E-state index in [4.69, 9.17) is 0 Å². The average Bonchev–Trinajstić information content (AvgIpc) is 3.06. The number of pyridine rings is 1. The fourth-order valence-corrected chi connectivity index (χ4v) is 4.02. The van der Waals surface area contributed by atoms with Gasteiger partial charge in [-0.25, -0.2) is 0 Å². The van der Waals surface area contributed by atoms with Crippen LogP contribution in [0.2, 0.25) is 0 Å². The van der Waals surface area contributed by atoms with Gasteiger partial charge in [-0.1, -0.05) is 37.1 Å². The Hall–Kier alpha value is -2.15. The van der Waals surface area contributed by atoms with Gasteiger partial charge in [0.2, 0.25) is 5.91 Å². The van der Waals surface area contributed by atoms with Crippen LogP contribution in [0.1, 0.15) is 39.0 Å². The highest BCUT2D eigenvalue weighted by Crippen LogP contribution is 2.27. The van der Waals surface area contributed by atoms with E-state index in [-0.39, 0.29) is 11.2 Å². The summed E-state index contributed by atoms with van der Waals surface area (Å²) in [5.74, 6) is 0.804. The van der Waals surface area contributed by atoms with Gasteiger partial charge in [-0.2, -0.15) is 0 Å². The predicted molar refractivity (Wildman–Crippen MR) is 104 cm³/mol. The minimum absolute atomic E-state index is 0.0676. The third-order valence-corrected chi connectivity index (χ3v) is 5.63. The van der Waals surface area contributed by atoms with Gasteiger partial charge < -0.3 is 5.32 Å². The smallest absolute Gasteiger partial charge is 0.233 e. The summed E-state index contributed by atoms with van der Waals surface area (Å²) in [6.07, 6.45) is 11.1. The Labute approximate surface area is 158 Å². The lowest BCUT2D eigenvalue weighted by molar-refractivity contribution is -0.121. The molecule has 1 N–H and O–H groups in total. The first-order valence-corrected chi connectivity index (χ1v) is 9.98. The number of aromatic nitrogens is 4. The van der Waals surface area contributed by atoms with Gasteiger partial charge in [-0.05, 0) is 31.9 Å². The maximum Gasteiger partial charge on any atom is 0.233 e. The standard InChI is InChI=1S/C19H25N5OS/c1-3-12-24-17(15-8-7-11-20-13-15)22-23-19(24)26-14(2)18(25)21-16-9-5-4-6-10-16/h3,7-8,11,13-14,16H,1,4-6,9-10,12H2,2H3,(H,21,25). The molecule has 1 aliphatic rings. The number of nitrogens with one attached hydrogen (secondary N) is 1. The van der Waals surface area contributed by atoms with Gasteiger partial charge in [0.05, 0.1) is 5.25 Å². The van der Waals surface area contributed by atoms with Crippen molar-refractivity contribution in [3.63, 3.8) is 0 Å². The summed E-state index contributed by atoms with van der Waals surface area (Å²) in [5.41, 5.74) is 0.896. The highest BCUT2D eigenvalue weighted by molar-refractivity contribution is 8.00. The zero-order chi connectivity index (χ0) is 18.4. The molecule has 7 heteroatoms. The van der Waals surface area contributed by atoms with Crippen molar-refractivity contribution in [3.8, 4) is 11.4 Å². The van der Waals surface area contributed by atoms with Crippen molar-refractivity contribution in [1.29, 1.82) is 0 Å². The van der Waals surface area contributed by atoms with E-state index in [9.17, 15) is 4.79 Å². The van der Waals surface area contributed by atoms with Crippen molar-refractivity contribution in [3.05, 3.63) is 37.2 Å². The lowest BCUT2D eigenvalue weighted by atomic mass is 9.95. The molecule has 0 spiro atoms. The highest BCUT2D eigenvalue weighted by Gasteiger charge is 2.23. The molecule has 0 aromatic carbocycles. The van der Waals surface area contributed by atoms with Crippen LogP contribution in [-0.4, -0.2) is 36.9 Å². The SMILES string of the molecule is C=CCn1c(SC(C)C(=O)NC2CCCCC2)nnc1-c1cccnc1. The van der Waals surface area contributed by atoms with E-state index in [1.807, 2.05) is 23.6 Å². The Balaban J connectivity index is 1.71. The number of hydrogen-bond acceptors (Lipinski definition) is 5. The molecule has 2 heterocycles. The summed E-state index contributed by atoms with van der Waals surface area (Å²) in [4.78, 5) is 16.7. The second kappa shape index (κ2) is 8.98. The van der Waals surface area contributed by atoms with E-state index in [1.54, 1.807) is 18.5 Å². The molecule has 6 nitrogen and oxygen atoms in total. The predicted octanol–water partition coefficient (Wildman–Crippen LogP) is 3.46. The van der Waals surface area contributed by atoms with Crippen LogP contribution in [0.3, 0.4) is 0 Å². The van der Waals surface area contributed by atoms with Crippen LogP contribution in [0.25, 0.3) is 11.4 Å². The molecular formula is C19H25N5OS. The molecule has 0 bridgehead atoms. The second-order valence-electron chi connectivity index (χ2n) is 6.55. The molecular weight excluding hydrogens is 346 g/mol. The zero-order valence-electron chi connectivity index (χ0n) is 15.1. The van der Waals surface area contributed by atoms with Crippen molar-refractivity contribution in [2.45, 2.75) is 62.0 Å². The van der Waals surface area contributed by atoms with Crippen LogP contribution < -0.4 is 5.32 Å². The lowest BCUT2D eigenvalue weighted by Crippen LogP contribution is -2.40. The molecule has 26 heavy (non-hydrogen) atoms. The second-order valence-corrected chi connectivity index (χ2v) is 7.86. The lowest BCUT2D eigenvalue weighted by Gasteiger charge is -2.24. The summed E-state index contributed by atoms with van der Waals surface area (Å²) in [7, 11) is 0. The molecule has 1 atom stereocenters.